The highest BCUT2D eigenvalue weighted by atomic mass is 32.2. The van der Waals surface area contributed by atoms with Crippen molar-refractivity contribution in [3.05, 3.63) is 59.0 Å². The number of amides is 2. The van der Waals surface area contributed by atoms with Crippen molar-refractivity contribution in [1.82, 2.24) is 20.2 Å². The van der Waals surface area contributed by atoms with Gasteiger partial charge in [-0.3, -0.25) is 14.5 Å². The van der Waals surface area contributed by atoms with Gasteiger partial charge in [0.05, 0.1) is 11.2 Å². The van der Waals surface area contributed by atoms with Crippen LogP contribution in [-0.4, -0.2) is 43.6 Å². The minimum absolute atomic E-state index is 0.234. The van der Waals surface area contributed by atoms with E-state index in [9.17, 15) is 9.59 Å². The molecule has 26 heavy (non-hydrogen) atoms. The van der Waals surface area contributed by atoms with E-state index >= 15 is 0 Å². The quantitative estimate of drug-likeness (QED) is 0.589. The van der Waals surface area contributed by atoms with Gasteiger partial charge in [0.1, 0.15) is 10.4 Å². The average molecular weight is 387 g/mol. The summed E-state index contributed by atoms with van der Waals surface area (Å²) in [5.74, 6) is -0.471. The minimum atomic E-state index is -0.661. The van der Waals surface area contributed by atoms with Gasteiger partial charge in [0, 0.05) is 24.9 Å². The van der Waals surface area contributed by atoms with Crippen LogP contribution in [0.3, 0.4) is 0 Å². The van der Waals surface area contributed by atoms with E-state index in [1.54, 1.807) is 25.5 Å². The summed E-state index contributed by atoms with van der Waals surface area (Å²) in [5, 5.41) is 2.83. The molecule has 2 aromatic rings. The Hall–Kier alpha value is -2.45. The number of hydrogen-bond acceptors (Lipinski definition) is 5. The number of nitrogens with zero attached hydrogens (tertiary/aromatic N) is 2. The fraction of sp³-hybridized carbons (Fsp3) is 0.222. The molecule has 1 fully saturated rings. The molecule has 2 amide bonds. The molecule has 6 nitrogen and oxygen atoms in total. The van der Waals surface area contributed by atoms with Crippen molar-refractivity contribution >= 4 is 46.2 Å². The van der Waals surface area contributed by atoms with E-state index in [2.05, 4.69) is 15.3 Å². The lowest BCUT2D eigenvalue weighted by Gasteiger charge is -2.22. The molecule has 0 spiro atoms. The lowest BCUT2D eigenvalue weighted by atomic mass is 10.2. The standard InChI is InChI=1S/C18H18N4O2S2/c1-12(16(23)20-8-7-14-10-19-11-21-14)22-17(24)15(26-18(22)25)9-13-5-3-2-4-6-13/h2-6,9-12H,7-8H2,1H3,(H,19,21)(H,20,23)/b15-9-/t12-/m0/s1. The molecule has 8 heteroatoms. The first-order chi connectivity index (χ1) is 12.6. The molecule has 3 rings (SSSR count). The van der Waals surface area contributed by atoms with E-state index in [1.165, 1.54) is 16.7 Å². The van der Waals surface area contributed by atoms with E-state index in [4.69, 9.17) is 12.2 Å². The number of thiocarbonyl (C=S) groups is 1. The molecule has 1 aliphatic heterocycles. The van der Waals surface area contributed by atoms with Gasteiger partial charge in [-0.1, -0.05) is 54.3 Å². The van der Waals surface area contributed by atoms with Crippen molar-refractivity contribution in [3.63, 3.8) is 0 Å². The van der Waals surface area contributed by atoms with Crippen LogP contribution in [0, 0.1) is 0 Å². The molecule has 1 aromatic heterocycles. The number of aromatic nitrogens is 2. The van der Waals surface area contributed by atoms with E-state index in [-0.39, 0.29) is 11.8 Å². The van der Waals surface area contributed by atoms with Crippen LogP contribution in [0.1, 0.15) is 18.2 Å². The highest BCUT2D eigenvalue weighted by Crippen LogP contribution is 2.33. The van der Waals surface area contributed by atoms with Crippen LogP contribution < -0.4 is 5.32 Å². The Morgan fingerprint density at radius 3 is 2.88 bits per heavy atom. The van der Waals surface area contributed by atoms with Gasteiger partial charge < -0.3 is 10.3 Å². The maximum atomic E-state index is 12.7. The predicted octanol–water partition coefficient (Wildman–Crippen LogP) is 2.36. The van der Waals surface area contributed by atoms with E-state index in [0.29, 0.717) is 22.2 Å². The summed E-state index contributed by atoms with van der Waals surface area (Å²) in [7, 11) is 0. The topological polar surface area (TPSA) is 78.1 Å². The number of imidazole rings is 1. The van der Waals surface area contributed by atoms with Crippen molar-refractivity contribution in [2.45, 2.75) is 19.4 Å². The first-order valence-corrected chi connectivity index (χ1v) is 9.36. The normalized spacial score (nSPS) is 17.0. The number of carbonyl (C=O) groups excluding carboxylic acids is 2. The summed E-state index contributed by atoms with van der Waals surface area (Å²) < 4.78 is 0.397. The Kier molecular flexibility index (Phi) is 5.85. The zero-order chi connectivity index (χ0) is 18.5. The second-order valence-corrected chi connectivity index (χ2v) is 7.43. The summed E-state index contributed by atoms with van der Waals surface area (Å²) in [6.45, 7) is 2.14. The van der Waals surface area contributed by atoms with Crippen LogP contribution in [0.5, 0.6) is 0 Å². The summed E-state index contributed by atoms with van der Waals surface area (Å²) in [6, 6.07) is 8.89. The predicted molar refractivity (Wildman–Crippen MR) is 106 cm³/mol. The van der Waals surface area contributed by atoms with Crippen molar-refractivity contribution in [1.29, 1.82) is 0 Å². The summed E-state index contributed by atoms with van der Waals surface area (Å²) >= 11 is 6.54. The smallest absolute Gasteiger partial charge is 0.266 e. The monoisotopic (exact) mass is 386 g/mol. The number of benzene rings is 1. The molecule has 0 radical (unpaired) electrons. The van der Waals surface area contributed by atoms with E-state index in [0.717, 1.165) is 11.3 Å². The third-order valence-electron chi connectivity index (χ3n) is 3.94. The van der Waals surface area contributed by atoms with Gasteiger partial charge in [-0.15, -0.1) is 0 Å². The van der Waals surface area contributed by atoms with Gasteiger partial charge in [0.25, 0.3) is 5.91 Å². The van der Waals surface area contributed by atoms with Gasteiger partial charge >= 0.3 is 0 Å². The second-order valence-electron chi connectivity index (χ2n) is 5.76. The number of thioether (sulfide) groups is 1. The molecule has 134 valence electrons. The molecule has 0 unspecified atom stereocenters. The SMILES string of the molecule is C[C@@H](C(=O)NCCc1cnc[nH]1)N1C(=O)/C(=C/c2ccccc2)SC1=S. The zero-order valence-electron chi connectivity index (χ0n) is 14.1. The van der Waals surface area contributed by atoms with Crippen molar-refractivity contribution in [2.24, 2.45) is 0 Å². The zero-order valence-corrected chi connectivity index (χ0v) is 15.8. The van der Waals surface area contributed by atoms with Crippen molar-refractivity contribution in [3.8, 4) is 0 Å². The van der Waals surface area contributed by atoms with Crippen molar-refractivity contribution in [2.75, 3.05) is 6.54 Å². The number of carbonyl (C=O) groups is 2. The maximum Gasteiger partial charge on any atom is 0.266 e. The number of nitrogens with one attached hydrogen (secondary N) is 2. The maximum absolute atomic E-state index is 12.7. The Labute approximate surface area is 161 Å². The highest BCUT2D eigenvalue weighted by molar-refractivity contribution is 8.26. The first-order valence-electron chi connectivity index (χ1n) is 8.13. The highest BCUT2D eigenvalue weighted by Gasteiger charge is 2.38. The van der Waals surface area contributed by atoms with Gasteiger partial charge in [0.15, 0.2) is 0 Å². The van der Waals surface area contributed by atoms with Crippen LogP contribution >= 0.6 is 24.0 Å². The van der Waals surface area contributed by atoms with E-state index < -0.39 is 6.04 Å². The van der Waals surface area contributed by atoms with Crippen LogP contribution in [0.25, 0.3) is 6.08 Å². The van der Waals surface area contributed by atoms with Crippen LogP contribution in [0.4, 0.5) is 0 Å². The minimum Gasteiger partial charge on any atom is -0.354 e. The van der Waals surface area contributed by atoms with Crippen molar-refractivity contribution < 1.29 is 9.59 Å². The molecular formula is C18H18N4O2S2. The van der Waals surface area contributed by atoms with Gasteiger partial charge in [-0.2, -0.15) is 0 Å². The molecule has 2 N–H and O–H groups in total. The fourth-order valence-corrected chi connectivity index (χ4v) is 3.94. The Bertz CT molecular complexity index is 834. The Morgan fingerprint density at radius 1 is 1.42 bits per heavy atom. The summed E-state index contributed by atoms with van der Waals surface area (Å²) in [6.07, 6.45) is 5.75. The molecule has 1 atom stereocenters. The number of rotatable bonds is 6. The number of aromatic amines is 1. The van der Waals surface area contributed by atoms with Gasteiger partial charge in [-0.25, -0.2) is 4.98 Å². The molecule has 0 aliphatic carbocycles. The number of H-pyrrole nitrogens is 1. The number of hydrogen-bond donors (Lipinski definition) is 2. The Balaban J connectivity index is 1.62. The molecular weight excluding hydrogens is 368 g/mol. The largest absolute Gasteiger partial charge is 0.354 e. The molecule has 0 saturated carbocycles. The fourth-order valence-electron chi connectivity index (χ4n) is 2.52. The van der Waals surface area contributed by atoms with Gasteiger partial charge in [0.2, 0.25) is 5.91 Å². The first kappa shape index (κ1) is 18.3. The Morgan fingerprint density at radius 2 is 2.19 bits per heavy atom. The molecule has 0 bridgehead atoms. The van der Waals surface area contributed by atoms with Crippen LogP contribution in [-0.2, 0) is 16.0 Å². The van der Waals surface area contributed by atoms with Gasteiger partial charge in [-0.05, 0) is 18.6 Å². The lowest BCUT2D eigenvalue weighted by molar-refractivity contribution is -0.132. The molecule has 1 aliphatic rings. The average Bonchev–Trinajstić information content (AvgIpc) is 3.24. The third kappa shape index (κ3) is 4.20. The molecule has 1 saturated heterocycles. The third-order valence-corrected chi connectivity index (χ3v) is 5.27. The summed E-state index contributed by atoms with van der Waals surface area (Å²) in [5.41, 5.74) is 1.86. The van der Waals surface area contributed by atoms with Crippen LogP contribution in [0.2, 0.25) is 0 Å². The van der Waals surface area contributed by atoms with E-state index in [1.807, 2.05) is 30.3 Å². The molecule has 1 aromatic carbocycles. The lowest BCUT2D eigenvalue weighted by Crippen LogP contribution is -2.47. The molecule has 2 heterocycles. The van der Waals surface area contributed by atoms with Crippen LogP contribution in [0.15, 0.2) is 47.8 Å². The summed E-state index contributed by atoms with van der Waals surface area (Å²) in [4.78, 5) is 33.9. The second kappa shape index (κ2) is 8.29.